The van der Waals surface area contributed by atoms with Gasteiger partial charge in [0.05, 0.1) is 18.1 Å². The first kappa shape index (κ1) is 12.5. The molecule has 1 aromatic carbocycles. The molecule has 0 aliphatic heterocycles. The maximum atomic E-state index is 12.9. The minimum Gasteiger partial charge on any atom is -0.323 e. The Hall–Kier alpha value is -1.61. The van der Waals surface area contributed by atoms with Crippen LogP contribution in [-0.4, -0.2) is 0 Å². The highest BCUT2D eigenvalue weighted by atomic mass is 19.4. The van der Waals surface area contributed by atoms with Crippen molar-refractivity contribution in [1.29, 1.82) is 5.26 Å². The average Bonchev–Trinajstić information content (AvgIpc) is 2.16. The molecule has 6 heteroatoms. The number of alkyl halides is 3. The van der Waals surface area contributed by atoms with E-state index in [-0.39, 0.29) is 12.0 Å². The molecular formula is C10H8F4N2. The van der Waals surface area contributed by atoms with E-state index in [1.165, 1.54) is 0 Å². The van der Waals surface area contributed by atoms with Gasteiger partial charge < -0.3 is 5.73 Å². The molecule has 0 heterocycles. The van der Waals surface area contributed by atoms with E-state index in [1.807, 2.05) is 0 Å². The molecule has 1 atom stereocenters. The van der Waals surface area contributed by atoms with Crippen LogP contribution in [0.25, 0.3) is 0 Å². The maximum absolute atomic E-state index is 12.9. The summed E-state index contributed by atoms with van der Waals surface area (Å²) in [6.45, 7) is 0. The number of nitriles is 1. The molecule has 0 saturated carbocycles. The SMILES string of the molecule is N#CC[C@@H](N)c1ccc(F)c(C(F)(F)F)c1. The van der Waals surface area contributed by atoms with Crippen LogP contribution in [0.2, 0.25) is 0 Å². The van der Waals surface area contributed by atoms with Crippen LogP contribution in [0.3, 0.4) is 0 Å². The lowest BCUT2D eigenvalue weighted by atomic mass is 10.0. The Labute approximate surface area is 89.3 Å². The molecule has 0 aliphatic rings. The molecule has 0 spiro atoms. The zero-order valence-corrected chi connectivity index (χ0v) is 8.05. The minimum absolute atomic E-state index is 0.0928. The van der Waals surface area contributed by atoms with Gasteiger partial charge in [-0.3, -0.25) is 0 Å². The Morgan fingerprint density at radius 1 is 1.38 bits per heavy atom. The van der Waals surface area contributed by atoms with Crippen molar-refractivity contribution in [1.82, 2.24) is 0 Å². The lowest BCUT2D eigenvalue weighted by molar-refractivity contribution is -0.140. The molecular weight excluding hydrogens is 224 g/mol. The first-order chi connectivity index (χ1) is 7.36. The molecule has 0 fully saturated rings. The summed E-state index contributed by atoms with van der Waals surface area (Å²) >= 11 is 0. The molecule has 0 amide bonds. The third kappa shape index (κ3) is 2.70. The van der Waals surface area contributed by atoms with E-state index in [0.29, 0.717) is 12.1 Å². The van der Waals surface area contributed by atoms with Crippen LogP contribution in [0.4, 0.5) is 17.6 Å². The lowest BCUT2D eigenvalue weighted by Crippen LogP contribution is -2.13. The predicted molar refractivity (Wildman–Crippen MR) is 48.6 cm³/mol. The quantitative estimate of drug-likeness (QED) is 0.797. The second-order valence-corrected chi connectivity index (χ2v) is 3.21. The van der Waals surface area contributed by atoms with E-state index in [2.05, 4.69) is 0 Å². The molecule has 0 saturated heterocycles. The van der Waals surface area contributed by atoms with Crippen molar-refractivity contribution in [2.45, 2.75) is 18.6 Å². The summed E-state index contributed by atoms with van der Waals surface area (Å²) in [7, 11) is 0. The van der Waals surface area contributed by atoms with Gasteiger partial charge in [-0.2, -0.15) is 18.4 Å². The van der Waals surface area contributed by atoms with Gasteiger partial charge in [0, 0.05) is 6.04 Å². The molecule has 2 nitrogen and oxygen atoms in total. The molecule has 0 bridgehead atoms. The zero-order chi connectivity index (χ0) is 12.3. The van der Waals surface area contributed by atoms with E-state index in [9.17, 15) is 17.6 Å². The summed E-state index contributed by atoms with van der Waals surface area (Å²) in [5, 5.41) is 8.36. The van der Waals surface area contributed by atoms with Crippen LogP contribution in [0.1, 0.15) is 23.6 Å². The molecule has 0 radical (unpaired) electrons. The largest absolute Gasteiger partial charge is 0.419 e. The Balaban J connectivity index is 3.13. The van der Waals surface area contributed by atoms with Crippen molar-refractivity contribution >= 4 is 0 Å². The normalized spacial score (nSPS) is 13.2. The smallest absolute Gasteiger partial charge is 0.323 e. The van der Waals surface area contributed by atoms with Gasteiger partial charge in [0.1, 0.15) is 5.82 Å². The number of hydrogen-bond acceptors (Lipinski definition) is 2. The monoisotopic (exact) mass is 232 g/mol. The van der Waals surface area contributed by atoms with Crippen LogP contribution < -0.4 is 5.73 Å². The van der Waals surface area contributed by atoms with Gasteiger partial charge in [-0.15, -0.1) is 0 Å². The van der Waals surface area contributed by atoms with Gasteiger partial charge in [-0.25, -0.2) is 4.39 Å². The third-order valence-electron chi connectivity index (χ3n) is 2.04. The molecule has 0 aromatic heterocycles. The van der Waals surface area contributed by atoms with Crippen molar-refractivity contribution in [3.63, 3.8) is 0 Å². The van der Waals surface area contributed by atoms with Crippen molar-refractivity contribution in [3.05, 3.63) is 35.1 Å². The van der Waals surface area contributed by atoms with E-state index in [0.717, 1.165) is 6.07 Å². The molecule has 1 rings (SSSR count). The molecule has 16 heavy (non-hydrogen) atoms. The van der Waals surface area contributed by atoms with E-state index in [1.54, 1.807) is 6.07 Å². The molecule has 1 aromatic rings. The van der Waals surface area contributed by atoms with Gasteiger partial charge >= 0.3 is 6.18 Å². The van der Waals surface area contributed by atoms with Crippen molar-refractivity contribution in [2.75, 3.05) is 0 Å². The maximum Gasteiger partial charge on any atom is 0.419 e. The summed E-state index contributed by atoms with van der Waals surface area (Å²) < 4.78 is 49.9. The number of halogens is 4. The number of rotatable bonds is 2. The Kier molecular flexibility index (Phi) is 3.50. The topological polar surface area (TPSA) is 49.8 Å². The first-order valence-corrected chi connectivity index (χ1v) is 4.35. The second-order valence-electron chi connectivity index (χ2n) is 3.21. The van der Waals surface area contributed by atoms with Gasteiger partial charge in [0.15, 0.2) is 0 Å². The van der Waals surface area contributed by atoms with E-state index in [4.69, 9.17) is 11.0 Å². The van der Waals surface area contributed by atoms with Gasteiger partial charge in [-0.1, -0.05) is 6.07 Å². The summed E-state index contributed by atoms with van der Waals surface area (Å²) in [6.07, 6.45) is -4.88. The third-order valence-corrected chi connectivity index (χ3v) is 2.04. The first-order valence-electron chi connectivity index (χ1n) is 4.35. The second kappa shape index (κ2) is 4.49. The zero-order valence-electron chi connectivity index (χ0n) is 8.05. The fourth-order valence-corrected chi connectivity index (χ4v) is 1.21. The molecule has 86 valence electrons. The Morgan fingerprint density at radius 2 is 2.00 bits per heavy atom. The van der Waals surface area contributed by atoms with E-state index < -0.39 is 23.6 Å². The number of hydrogen-bond donors (Lipinski definition) is 1. The molecule has 2 N–H and O–H groups in total. The standard InChI is InChI=1S/C10H8F4N2/c11-8-2-1-6(9(16)3-4-15)5-7(8)10(12,13)14/h1-2,5,9H,3,16H2/t9-/m1/s1. The van der Waals surface area contributed by atoms with Crippen LogP contribution in [0.15, 0.2) is 18.2 Å². The highest BCUT2D eigenvalue weighted by Gasteiger charge is 2.34. The molecule has 0 aliphatic carbocycles. The lowest BCUT2D eigenvalue weighted by Gasteiger charge is -2.12. The fraction of sp³-hybridized carbons (Fsp3) is 0.300. The van der Waals surface area contributed by atoms with Gasteiger partial charge in [0.2, 0.25) is 0 Å². The Morgan fingerprint density at radius 3 is 2.50 bits per heavy atom. The number of nitrogens with two attached hydrogens (primary N) is 1. The van der Waals surface area contributed by atoms with Crippen LogP contribution >= 0.6 is 0 Å². The number of benzene rings is 1. The van der Waals surface area contributed by atoms with Crippen LogP contribution in [0.5, 0.6) is 0 Å². The summed E-state index contributed by atoms with van der Waals surface area (Å²) in [6, 6.07) is 3.38. The van der Waals surface area contributed by atoms with Crippen LogP contribution in [-0.2, 0) is 6.18 Å². The predicted octanol–water partition coefficient (Wildman–Crippen LogP) is 2.76. The molecule has 0 unspecified atom stereocenters. The number of nitrogens with zero attached hydrogens (tertiary/aromatic N) is 1. The van der Waals surface area contributed by atoms with Crippen molar-refractivity contribution in [3.8, 4) is 6.07 Å². The average molecular weight is 232 g/mol. The fourth-order valence-electron chi connectivity index (χ4n) is 1.21. The van der Waals surface area contributed by atoms with Crippen molar-refractivity contribution < 1.29 is 17.6 Å². The van der Waals surface area contributed by atoms with E-state index >= 15 is 0 Å². The highest BCUT2D eigenvalue weighted by Crippen LogP contribution is 2.32. The van der Waals surface area contributed by atoms with Gasteiger partial charge in [0.25, 0.3) is 0 Å². The summed E-state index contributed by atoms with van der Waals surface area (Å²) in [4.78, 5) is 0. The van der Waals surface area contributed by atoms with Crippen LogP contribution in [0, 0.1) is 17.1 Å². The summed E-state index contributed by atoms with van der Waals surface area (Å²) in [5.74, 6) is -1.35. The minimum atomic E-state index is -4.76. The Bertz CT molecular complexity index is 420. The summed E-state index contributed by atoms with van der Waals surface area (Å²) in [5.41, 5.74) is 4.19. The van der Waals surface area contributed by atoms with Gasteiger partial charge in [-0.05, 0) is 17.7 Å². The van der Waals surface area contributed by atoms with Crippen molar-refractivity contribution in [2.24, 2.45) is 5.73 Å². The highest BCUT2D eigenvalue weighted by molar-refractivity contribution is 5.29.